The fourth-order valence-corrected chi connectivity index (χ4v) is 5.72. The first-order valence-corrected chi connectivity index (χ1v) is 12.6. The highest BCUT2D eigenvalue weighted by molar-refractivity contribution is 7.80. The summed E-state index contributed by atoms with van der Waals surface area (Å²) in [5.74, 6) is 0.522. The van der Waals surface area contributed by atoms with Crippen molar-refractivity contribution < 1.29 is 17.9 Å². The SMILES string of the molecule is COc1ccc(N2C(=S)NC(c3ccccn3)C2c2cc(C)n(-c3ccccc3C(F)(F)F)c2C)cc1Cl. The van der Waals surface area contributed by atoms with Crippen LogP contribution in [0, 0.1) is 13.8 Å². The van der Waals surface area contributed by atoms with Crippen LogP contribution in [-0.4, -0.2) is 21.8 Å². The maximum Gasteiger partial charge on any atom is 0.418 e. The average Bonchev–Trinajstić information content (AvgIpc) is 3.38. The molecule has 1 aliphatic rings. The molecule has 38 heavy (non-hydrogen) atoms. The normalized spacial score (nSPS) is 17.6. The van der Waals surface area contributed by atoms with Crippen molar-refractivity contribution in [1.82, 2.24) is 14.9 Å². The van der Waals surface area contributed by atoms with Gasteiger partial charge in [0.05, 0.1) is 41.2 Å². The Hall–Kier alpha value is -3.56. The van der Waals surface area contributed by atoms with Crippen molar-refractivity contribution in [2.45, 2.75) is 32.1 Å². The molecule has 2 atom stereocenters. The van der Waals surface area contributed by atoms with Gasteiger partial charge in [0.1, 0.15) is 5.75 Å². The van der Waals surface area contributed by atoms with Gasteiger partial charge < -0.3 is 19.5 Å². The summed E-state index contributed by atoms with van der Waals surface area (Å²) < 4.78 is 48.8. The predicted octanol–water partition coefficient (Wildman–Crippen LogP) is 7.35. The molecular weight excluding hydrogens is 533 g/mol. The number of nitrogens with zero attached hydrogens (tertiary/aromatic N) is 3. The van der Waals surface area contributed by atoms with Gasteiger partial charge in [0, 0.05) is 23.3 Å². The molecule has 0 radical (unpaired) electrons. The number of hydrogen-bond acceptors (Lipinski definition) is 3. The van der Waals surface area contributed by atoms with Crippen molar-refractivity contribution in [3.63, 3.8) is 0 Å². The topological polar surface area (TPSA) is 42.3 Å². The zero-order chi connectivity index (χ0) is 27.2. The molecule has 196 valence electrons. The molecule has 0 spiro atoms. The largest absolute Gasteiger partial charge is 0.495 e. The molecule has 1 fully saturated rings. The van der Waals surface area contributed by atoms with Crippen molar-refractivity contribution in [2.75, 3.05) is 12.0 Å². The van der Waals surface area contributed by atoms with E-state index in [4.69, 9.17) is 28.6 Å². The van der Waals surface area contributed by atoms with Crippen molar-refractivity contribution in [2.24, 2.45) is 0 Å². The minimum atomic E-state index is -4.50. The van der Waals surface area contributed by atoms with E-state index in [1.165, 1.54) is 19.2 Å². The number of methoxy groups -OCH3 is 1. The summed E-state index contributed by atoms with van der Waals surface area (Å²) in [5, 5.41) is 4.24. The minimum Gasteiger partial charge on any atom is -0.495 e. The average molecular weight is 557 g/mol. The van der Waals surface area contributed by atoms with Crippen LogP contribution in [0.4, 0.5) is 18.9 Å². The van der Waals surface area contributed by atoms with E-state index < -0.39 is 17.8 Å². The molecule has 3 heterocycles. The number of rotatable bonds is 5. The third kappa shape index (κ3) is 4.50. The maximum absolute atomic E-state index is 13.9. The quantitative estimate of drug-likeness (QED) is 0.260. The summed E-state index contributed by atoms with van der Waals surface area (Å²) in [6.45, 7) is 3.63. The third-order valence-corrected chi connectivity index (χ3v) is 7.36. The van der Waals surface area contributed by atoms with Crippen LogP contribution in [0.5, 0.6) is 5.75 Å². The van der Waals surface area contributed by atoms with E-state index in [-0.39, 0.29) is 11.7 Å². The Balaban J connectivity index is 1.70. The Morgan fingerprint density at radius 1 is 1.03 bits per heavy atom. The number of nitrogens with one attached hydrogen (secondary N) is 1. The van der Waals surface area contributed by atoms with E-state index in [0.717, 1.165) is 23.0 Å². The Morgan fingerprint density at radius 3 is 2.42 bits per heavy atom. The third-order valence-electron chi connectivity index (χ3n) is 6.75. The Morgan fingerprint density at radius 2 is 1.76 bits per heavy atom. The summed E-state index contributed by atoms with van der Waals surface area (Å²) in [6, 6.07) is 17.7. The monoisotopic (exact) mass is 556 g/mol. The lowest BCUT2D eigenvalue weighted by Gasteiger charge is -2.28. The van der Waals surface area contributed by atoms with Crippen LogP contribution in [0.2, 0.25) is 5.02 Å². The molecule has 1 aliphatic heterocycles. The first-order valence-electron chi connectivity index (χ1n) is 11.8. The number of alkyl halides is 3. The number of aryl methyl sites for hydroxylation is 1. The van der Waals surface area contributed by atoms with Gasteiger partial charge in [-0.3, -0.25) is 4.98 Å². The van der Waals surface area contributed by atoms with Crippen LogP contribution in [0.1, 0.15) is 40.3 Å². The Bertz CT molecular complexity index is 1510. The van der Waals surface area contributed by atoms with E-state index in [9.17, 15) is 13.2 Å². The van der Waals surface area contributed by atoms with Gasteiger partial charge in [0.25, 0.3) is 0 Å². The van der Waals surface area contributed by atoms with Gasteiger partial charge >= 0.3 is 6.18 Å². The number of para-hydroxylation sites is 1. The van der Waals surface area contributed by atoms with Gasteiger partial charge in [-0.1, -0.05) is 29.8 Å². The zero-order valence-electron chi connectivity index (χ0n) is 20.8. The second-order valence-corrected chi connectivity index (χ2v) is 9.79. The van der Waals surface area contributed by atoms with E-state index in [1.54, 1.807) is 35.9 Å². The fraction of sp³-hybridized carbons (Fsp3) is 0.214. The number of thiocarbonyl (C=S) groups is 1. The highest BCUT2D eigenvalue weighted by atomic mass is 35.5. The first-order chi connectivity index (χ1) is 18.1. The number of anilines is 1. The van der Waals surface area contributed by atoms with Crippen LogP contribution in [0.3, 0.4) is 0 Å². The van der Waals surface area contributed by atoms with Crippen LogP contribution < -0.4 is 15.0 Å². The highest BCUT2D eigenvalue weighted by Gasteiger charge is 2.43. The minimum absolute atomic E-state index is 0.0724. The number of hydrogen-bond donors (Lipinski definition) is 1. The Labute approximate surface area is 228 Å². The lowest BCUT2D eigenvalue weighted by Crippen LogP contribution is -2.29. The molecule has 1 saturated heterocycles. The molecule has 0 bridgehead atoms. The molecule has 1 N–H and O–H groups in total. The number of halogens is 4. The van der Waals surface area contributed by atoms with Crippen LogP contribution in [-0.2, 0) is 6.18 Å². The van der Waals surface area contributed by atoms with Crippen molar-refractivity contribution in [3.8, 4) is 11.4 Å². The summed E-state index contributed by atoms with van der Waals surface area (Å²) in [5.41, 5.74) is 2.99. The van der Waals surface area contributed by atoms with Crippen molar-refractivity contribution in [1.29, 1.82) is 0 Å². The second kappa shape index (κ2) is 9.96. The molecule has 10 heteroatoms. The molecule has 2 unspecified atom stereocenters. The van der Waals surface area contributed by atoms with E-state index in [2.05, 4.69) is 10.3 Å². The van der Waals surface area contributed by atoms with E-state index in [1.807, 2.05) is 42.2 Å². The first kappa shape index (κ1) is 26.1. The molecule has 2 aromatic heterocycles. The lowest BCUT2D eigenvalue weighted by atomic mass is 9.96. The van der Waals surface area contributed by atoms with Gasteiger partial charge in [-0.25, -0.2) is 0 Å². The van der Waals surface area contributed by atoms with Crippen LogP contribution in [0.25, 0.3) is 5.69 Å². The maximum atomic E-state index is 13.9. The van der Waals surface area contributed by atoms with E-state index in [0.29, 0.717) is 27.3 Å². The number of ether oxygens (including phenoxy) is 1. The molecule has 0 aliphatic carbocycles. The van der Waals surface area contributed by atoms with Gasteiger partial charge in [-0.15, -0.1) is 0 Å². The second-order valence-electron chi connectivity index (χ2n) is 8.99. The summed E-state index contributed by atoms with van der Waals surface area (Å²) >= 11 is 12.2. The van der Waals surface area contributed by atoms with Gasteiger partial charge in [-0.2, -0.15) is 13.2 Å². The molecule has 2 aromatic carbocycles. The molecule has 0 amide bonds. The molecule has 0 saturated carbocycles. The lowest BCUT2D eigenvalue weighted by molar-refractivity contribution is -0.137. The fourth-order valence-electron chi connectivity index (χ4n) is 5.12. The van der Waals surface area contributed by atoms with Gasteiger partial charge in [0.2, 0.25) is 0 Å². The van der Waals surface area contributed by atoms with Crippen molar-refractivity contribution in [3.05, 3.63) is 106 Å². The summed E-state index contributed by atoms with van der Waals surface area (Å²) in [6.07, 6.45) is -2.80. The van der Waals surface area contributed by atoms with Crippen LogP contribution in [0.15, 0.2) is 72.9 Å². The van der Waals surface area contributed by atoms with Gasteiger partial charge in [0.15, 0.2) is 5.11 Å². The van der Waals surface area contributed by atoms with Gasteiger partial charge in [-0.05, 0) is 80.2 Å². The zero-order valence-corrected chi connectivity index (χ0v) is 22.3. The molecule has 5 rings (SSSR count). The summed E-state index contributed by atoms with van der Waals surface area (Å²) in [4.78, 5) is 6.49. The predicted molar refractivity (Wildman–Crippen MR) is 146 cm³/mol. The van der Waals surface area contributed by atoms with Crippen LogP contribution >= 0.6 is 23.8 Å². The molecular formula is C28H24ClF3N4OS. The Kier molecular flexibility index (Phi) is 6.83. The number of pyridine rings is 1. The van der Waals surface area contributed by atoms with E-state index >= 15 is 0 Å². The molecule has 5 nitrogen and oxygen atoms in total. The number of aromatic nitrogens is 2. The number of benzene rings is 2. The highest BCUT2D eigenvalue weighted by Crippen LogP contribution is 2.45. The summed E-state index contributed by atoms with van der Waals surface area (Å²) in [7, 11) is 1.54. The van der Waals surface area contributed by atoms with Crippen molar-refractivity contribution >= 4 is 34.6 Å². The smallest absolute Gasteiger partial charge is 0.418 e. The standard InChI is InChI=1S/C28H24ClF3N4OS/c1-16-14-19(17(2)35(16)23-10-5-4-8-20(23)28(30,31)32)26-25(22-9-6-7-13-33-22)34-27(38)36(26)18-11-12-24(37-3)21(29)15-18/h4-15,25-26H,1-3H3,(H,34,38). The molecule has 4 aromatic rings.